The van der Waals surface area contributed by atoms with Crippen molar-refractivity contribution in [2.45, 2.75) is 67.7 Å². The Kier molecular flexibility index (Phi) is 17.8. The molecule has 0 fully saturated rings. The molecule has 340 valence electrons. The maximum absolute atomic E-state index is 11.9. The van der Waals surface area contributed by atoms with Crippen LogP contribution in [-0.4, -0.2) is 64.4 Å². The highest BCUT2D eigenvalue weighted by Gasteiger charge is 2.13. The van der Waals surface area contributed by atoms with E-state index in [4.69, 9.17) is 17.7 Å². The number of anilines is 4. The number of rotatable bonds is 11. The summed E-state index contributed by atoms with van der Waals surface area (Å²) in [7, 11) is 0. The van der Waals surface area contributed by atoms with Gasteiger partial charge in [0.1, 0.15) is 0 Å². The Balaban J connectivity index is 0.000000165. The van der Waals surface area contributed by atoms with E-state index < -0.39 is 0 Å². The third kappa shape index (κ3) is 15.6. The van der Waals surface area contributed by atoms with Crippen LogP contribution in [0.3, 0.4) is 0 Å². The second-order valence-electron chi connectivity index (χ2n) is 14.3. The number of aromatic nitrogens is 8. The zero-order valence-electron chi connectivity index (χ0n) is 37.3. The second kappa shape index (κ2) is 24.2. The molecule has 8 rings (SSSR count). The highest BCUT2D eigenvalue weighted by molar-refractivity contribution is 6.04. The molecule has 4 heterocycles. The Hall–Kier alpha value is -8.68. The van der Waals surface area contributed by atoms with Crippen LogP contribution < -0.4 is 21.3 Å². The minimum Gasteiger partial charge on any atom is -0.411 e. The van der Waals surface area contributed by atoms with Crippen molar-refractivity contribution in [1.29, 1.82) is 0 Å². The molecule has 0 saturated heterocycles. The molecule has 4 amide bonds. The quantitative estimate of drug-likeness (QED) is 0.0949. The normalized spacial score (nSPS) is 10.2. The van der Waals surface area contributed by atoms with Gasteiger partial charge >= 0.3 is 24.1 Å². The van der Waals surface area contributed by atoms with Gasteiger partial charge in [-0.3, -0.25) is 40.4 Å². The van der Waals surface area contributed by atoms with Crippen LogP contribution in [0.5, 0.6) is 0 Å². The lowest BCUT2D eigenvalue weighted by atomic mass is 10.1. The number of amides is 4. The maximum Gasteiger partial charge on any atom is 0.322 e. The zero-order chi connectivity index (χ0) is 47.4. The maximum atomic E-state index is 11.9. The van der Waals surface area contributed by atoms with Crippen LogP contribution in [0.4, 0.5) is 24.1 Å². The summed E-state index contributed by atoms with van der Waals surface area (Å²) in [6.07, 6.45) is 3.44. The van der Waals surface area contributed by atoms with Gasteiger partial charge in [0.25, 0.3) is 23.6 Å². The van der Waals surface area contributed by atoms with Crippen molar-refractivity contribution < 1.29 is 36.8 Å². The highest BCUT2D eigenvalue weighted by Crippen LogP contribution is 2.13. The molecule has 0 radical (unpaired) electrons. The molecule has 0 bridgehead atoms. The highest BCUT2D eigenvalue weighted by atomic mass is 16.4. The summed E-state index contributed by atoms with van der Waals surface area (Å²) in [4.78, 5) is 46.9. The van der Waals surface area contributed by atoms with Gasteiger partial charge in [-0.2, -0.15) is 0 Å². The van der Waals surface area contributed by atoms with Gasteiger partial charge in [0, 0.05) is 42.0 Å². The largest absolute Gasteiger partial charge is 0.411 e. The minimum atomic E-state index is -0.265. The van der Waals surface area contributed by atoms with Crippen LogP contribution in [-0.2, 0) is 12.8 Å². The van der Waals surface area contributed by atoms with Crippen LogP contribution in [0.25, 0.3) is 0 Å². The molecule has 20 heteroatoms. The van der Waals surface area contributed by atoms with E-state index in [1.807, 2.05) is 90.1 Å². The predicted molar refractivity (Wildman–Crippen MR) is 242 cm³/mol. The lowest BCUT2D eigenvalue weighted by Gasteiger charge is -2.00. The molecule has 4 N–H and O–H groups in total. The van der Waals surface area contributed by atoms with E-state index in [9.17, 15) is 19.2 Å². The molecule has 0 spiro atoms. The van der Waals surface area contributed by atoms with Gasteiger partial charge in [0.15, 0.2) is 0 Å². The Morgan fingerprint density at radius 2 is 0.773 bits per heavy atom. The molecule has 0 unspecified atom stereocenters. The van der Waals surface area contributed by atoms with Crippen LogP contribution in [0, 0.1) is 34.6 Å². The fourth-order valence-corrected chi connectivity index (χ4v) is 5.14. The predicted octanol–water partition coefficient (Wildman–Crippen LogP) is 8.34. The lowest BCUT2D eigenvalue weighted by molar-refractivity contribution is 0.101. The van der Waals surface area contributed by atoms with Gasteiger partial charge in [-0.05, 0) is 82.6 Å². The number of carbonyl (C=O) groups excluding carboxylic acids is 4. The van der Waals surface area contributed by atoms with Gasteiger partial charge in [-0.15, -0.1) is 20.4 Å². The Morgan fingerprint density at radius 1 is 0.424 bits per heavy atom. The number of hydrogen-bond acceptors (Lipinski definition) is 16. The minimum absolute atomic E-state index is 0.0978. The first-order chi connectivity index (χ1) is 31.8. The summed E-state index contributed by atoms with van der Waals surface area (Å²) in [6.45, 7) is 13.4. The summed E-state index contributed by atoms with van der Waals surface area (Å²) in [5.41, 5.74) is 6.65. The van der Waals surface area contributed by atoms with Crippen LogP contribution in [0.1, 0.15) is 102 Å². The number of nitrogens with one attached hydrogen (secondary N) is 4. The number of nitrogens with zero attached hydrogens (tertiary/aromatic N) is 8. The van der Waals surface area contributed by atoms with Gasteiger partial charge in [0.2, 0.25) is 24.1 Å². The number of aryl methyl sites for hydroxylation is 7. The van der Waals surface area contributed by atoms with Crippen molar-refractivity contribution in [2.24, 2.45) is 0 Å². The van der Waals surface area contributed by atoms with Crippen molar-refractivity contribution >= 4 is 47.7 Å². The standard InChI is InChI=1S/C13H15N3O2.C12H13N3O2.C11H11N3O2.C10H9N3O2/c1-3-4-11-15-16-13(18-11)14-12(17)10-7-5-9(2)6-8-10;1-3-10-14-15-12(17-10)13-11(16)9-6-4-8(2)5-7-9;1-7-3-5-9(6-4-7)10(15)12-11-14-13-8(2)16-11;1-7-2-4-8(5-3-7)9(14)12-10-13-11-6-15-10/h5-8H,3-4H2,1-2H3,(H,14,16,17);4-7H,3H2,1-2H3,(H,13,15,16);3-6H,1-2H3,(H,12,14,15);2-6H,1H3,(H,12,13,14). The molecule has 66 heavy (non-hydrogen) atoms. The molecule has 0 aliphatic carbocycles. The van der Waals surface area contributed by atoms with E-state index in [0.717, 1.165) is 35.1 Å². The Bertz CT molecular complexity index is 2760. The van der Waals surface area contributed by atoms with E-state index in [1.165, 1.54) is 0 Å². The van der Waals surface area contributed by atoms with E-state index in [1.54, 1.807) is 55.5 Å². The first-order valence-electron chi connectivity index (χ1n) is 20.5. The molecule has 0 atom stereocenters. The molecule has 0 saturated carbocycles. The number of hydrogen-bond donors (Lipinski definition) is 4. The van der Waals surface area contributed by atoms with Crippen molar-refractivity contribution in [3.8, 4) is 0 Å². The molecule has 4 aromatic carbocycles. The fraction of sp³-hybridized carbons (Fsp3) is 0.217. The van der Waals surface area contributed by atoms with Crippen LogP contribution in [0.2, 0.25) is 0 Å². The first kappa shape index (κ1) is 48.4. The molecular formula is C46H48N12O8. The van der Waals surface area contributed by atoms with Crippen molar-refractivity contribution in [3.05, 3.63) is 166 Å². The van der Waals surface area contributed by atoms with Crippen molar-refractivity contribution in [2.75, 3.05) is 21.3 Å². The Labute approximate surface area is 379 Å². The van der Waals surface area contributed by atoms with Crippen molar-refractivity contribution in [1.82, 2.24) is 40.8 Å². The first-order valence-corrected chi connectivity index (χ1v) is 20.5. The van der Waals surface area contributed by atoms with E-state index in [-0.39, 0.29) is 47.7 Å². The van der Waals surface area contributed by atoms with E-state index >= 15 is 0 Å². The van der Waals surface area contributed by atoms with Crippen LogP contribution in [0.15, 0.2) is 121 Å². The van der Waals surface area contributed by atoms with Gasteiger partial charge < -0.3 is 17.7 Å². The summed E-state index contributed by atoms with van der Waals surface area (Å²) >= 11 is 0. The monoisotopic (exact) mass is 896 g/mol. The Morgan fingerprint density at radius 3 is 1.09 bits per heavy atom. The average molecular weight is 897 g/mol. The molecule has 0 aliphatic heterocycles. The summed E-state index contributed by atoms with van der Waals surface area (Å²) < 4.78 is 20.3. The van der Waals surface area contributed by atoms with E-state index in [2.05, 4.69) is 62.1 Å². The van der Waals surface area contributed by atoms with Gasteiger partial charge in [0.05, 0.1) is 0 Å². The SMILES string of the molecule is CCCc1nnc(NC(=O)c2ccc(C)cc2)o1.CCc1nnc(NC(=O)c2ccc(C)cc2)o1.Cc1ccc(C(=O)Nc2nnc(C)o2)cc1.Cc1ccc(C(=O)Nc2nnco2)cc1. The van der Waals surface area contributed by atoms with Crippen molar-refractivity contribution in [3.63, 3.8) is 0 Å². The third-order valence-corrected chi connectivity index (χ3v) is 8.72. The average Bonchev–Trinajstić information content (AvgIpc) is 4.16. The number of benzene rings is 4. The summed E-state index contributed by atoms with van der Waals surface area (Å²) in [5.74, 6) is 0.431. The third-order valence-electron chi connectivity index (χ3n) is 8.72. The van der Waals surface area contributed by atoms with Crippen LogP contribution >= 0.6 is 0 Å². The lowest BCUT2D eigenvalue weighted by Crippen LogP contribution is -2.11. The zero-order valence-corrected chi connectivity index (χ0v) is 37.3. The molecular weight excluding hydrogens is 849 g/mol. The van der Waals surface area contributed by atoms with E-state index in [0.29, 0.717) is 52.8 Å². The molecule has 0 aliphatic rings. The molecule has 20 nitrogen and oxygen atoms in total. The molecule has 4 aromatic heterocycles. The summed E-state index contributed by atoms with van der Waals surface area (Å²) in [6, 6.07) is 29.4. The van der Waals surface area contributed by atoms with Gasteiger partial charge in [-0.1, -0.05) is 105 Å². The molecule has 8 aromatic rings. The fourth-order valence-electron chi connectivity index (χ4n) is 5.14. The smallest absolute Gasteiger partial charge is 0.322 e. The number of carbonyl (C=O) groups is 4. The summed E-state index contributed by atoms with van der Waals surface area (Å²) in [5, 5.41) is 39.5. The second-order valence-corrected chi connectivity index (χ2v) is 14.3. The van der Waals surface area contributed by atoms with Gasteiger partial charge in [-0.25, -0.2) is 0 Å². The topological polar surface area (TPSA) is 272 Å².